The first-order valence-electron chi connectivity index (χ1n) is 7.99. The van der Waals surface area contributed by atoms with Gasteiger partial charge in [0.25, 0.3) is 0 Å². The first kappa shape index (κ1) is 13.0. The summed E-state index contributed by atoms with van der Waals surface area (Å²) in [5.41, 5.74) is 1.00. The Morgan fingerprint density at radius 3 is 2.86 bits per heavy atom. The molecule has 1 aliphatic carbocycles. The molecule has 2 aliphatic rings. The topological polar surface area (TPSA) is 49.2 Å². The first-order chi connectivity index (χ1) is 10.3. The van der Waals surface area contributed by atoms with Crippen LogP contribution in [-0.2, 0) is 0 Å². The van der Waals surface area contributed by atoms with Crippen LogP contribution in [-0.4, -0.2) is 33.8 Å². The lowest BCUT2D eigenvalue weighted by atomic mass is 9.76. The van der Waals surface area contributed by atoms with E-state index in [-0.39, 0.29) is 6.10 Å². The van der Waals surface area contributed by atoms with Crippen molar-refractivity contribution in [3.05, 3.63) is 30.6 Å². The fourth-order valence-corrected chi connectivity index (χ4v) is 4.11. The highest BCUT2D eigenvalue weighted by Gasteiger charge is 2.39. The van der Waals surface area contributed by atoms with Crippen LogP contribution in [0.5, 0.6) is 0 Å². The number of hydrogen-bond acceptors (Lipinski definition) is 4. The van der Waals surface area contributed by atoms with Crippen molar-refractivity contribution >= 4 is 16.7 Å². The second kappa shape index (κ2) is 5.26. The number of rotatable bonds is 1. The summed E-state index contributed by atoms with van der Waals surface area (Å²) in [6, 6.07) is 8.64. The van der Waals surface area contributed by atoms with E-state index in [1.54, 1.807) is 6.33 Å². The van der Waals surface area contributed by atoms with E-state index in [1.807, 2.05) is 18.2 Å². The second-order valence-electron chi connectivity index (χ2n) is 6.28. The van der Waals surface area contributed by atoms with Gasteiger partial charge in [0.05, 0.1) is 11.6 Å². The standard InChI is InChI=1S/C17H21N3O/c21-16-9-10-20(15-8-4-2-6-13(15)16)17-12-5-1-3-7-14(12)18-11-19-17/h1,3,5,7,11,13,15-16,21H,2,4,6,8-10H2. The summed E-state index contributed by atoms with van der Waals surface area (Å²) in [6.45, 7) is 0.892. The van der Waals surface area contributed by atoms with Crippen molar-refractivity contribution in [3.8, 4) is 0 Å². The van der Waals surface area contributed by atoms with Crippen LogP contribution in [0.15, 0.2) is 30.6 Å². The Kier molecular flexibility index (Phi) is 3.26. The molecule has 4 nitrogen and oxygen atoms in total. The van der Waals surface area contributed by atoms with Crippen molar-refractivity contribution in [3.63, 3.8) is 0 Å². The van der Waals surface area contributed by atoms with Crippen molar-refractivity contribution in [1.82, 2.24) is 9.97 Å². The maximum absolute atomic E-state index is 10.3. The van der Waals surface area contributed by atoms with Gasteiger partial charge < -0.3 is 10.0 Å². The maximum atomic E-state index is 10.3. The lowest BCUT2D eigenvalue weighted by Crippen LogP contribution is -2.53. The van der Waals surface area contributed by atoms with Crippen molar-refractivity contribution in [2.24, 2.45) is 5.92 Å². The molecule has 4 heteroatoms. The van der Waals surface area contributed by atoms with Gasteiger partial charge in [-0.15, -0.1) is 0 Å². The molecule has 0 bridgehead atoms. The molecule has 1 N–H and O–H groups in total. The van der Waals surface area contributed by atoms with Gasteiger partial charge >= 0.3 is 0 Å². The second-order valence-corrected chi connectivity index (χ2v) is 6.28. The third-order valence-corrected chi connectivity index (χ3v) is 5.14. The molecule has 0 radical (unpaired) electrons. The highest BCUT2D eigenvalue weighted by Crippen LogP contribution is 2.38. The highest BCUT2D eigenvalue weighted by molar-refractivity contribution is 5.89. The molecular formula is C17H21N3O. The van der Waals surface area contributed by atoms with Gasteiger partial charge in [-0.2, -0.15) is 0 Å². The summed E-state index contributed by atoms with van der Waals surface area (Å²) >= 11 is 0. The molecule has 4 rings (SSSR count). The third kappa shape index (κ3) is 2.18. The number of para-hydroxylation sites is 1. The quantitative estimate of drug-likeness (QED) is 0.874. The Bertz CT molecular complexity index is 639. The van der Waals surface area contributed by atoms with Crippen LogP contribution in [0, 0.1) is 5.92 Å². The van der Waals surface area contributed by atoms with E-state index in [9.17, 15) is 5.11 Å². The predicted molar refractivity (Wildman–Crippen MR) is 83.3 cm³/mol. The van der Waals surface area contributed by atoms with Crippen molar-refractivity contribution in [1.29, 1.82) is 0 Å². The van der Waals surface area contributed by atoms with Crippen LogP contribution in [0.1, 0.15) is 32.1 Å². The zero-order valence-corrected chi connectivity index (χ0v) is 12.2. The normalized spacial score (nSPS) is 29.4. The molecule has 1 aromatic heterocycles. The molecule has 110 valence electrons. The van der Waals surface area contributed by atoms with E-state index < -0.39 is 0 Å². The van der Waals surface area contributed by atoms with E-state index in [0.29, 0.717) is 12.0 Å². The number of nitrogens with zero attached hydrogens (tertiary/aromatic N) is 3. The van der Waals surface area contributed by atoms with Gasteiger partial charge in [-0.25, -0.2) is 9.97 Å². The van der Waals surface area contributed by atoms with Crippen molar-refractivity contribution < 1.29 is 5.11 Å². The number of anilines is 1. The van der Waals surface area contributed by atoms with Crippen LogP contribution in [0.4, 0.5) is 5.82 Å². The summed E-state index contributed by atoms with van der Waals surface area (Å²) < 4.78 is 0. The minimum Gasteiger partial charge on any atom is -0.393 e. The number of benzene rings is 1. The van der Waals surface area contributed by atoms with Crippen molar-refractivity contribution in [2.75, 3.05) is 11.4 Å². The molecule has 1 saturated carbocycles. The van der Waals surface area contributed by atoms with Gasteiger partial charge in [0, 0.05) is 23.9 Å². The first-order valence-corrected chi connectivity index (χ1v) is 7.99. The predicted octanol–water partition coefficient (Wildman–Crippen LogP) is 2.76. The lowest BCUT2D eigenvalue weighted by Gasteiger charge is -2.47. The zero-order chi connectivity index (χ0) is 14.2. The molecule has 3 atom stereocenters. The summed E-state index contributed by atoms with van der Waals surface area (Å²) in [7, 11) is 0. The highest BCUT2D eigenvalue weighted by atomic mass is 16.3. The lowest BCUT2D eigenvalue weighted by molar-refractivity contribution is 0.0448. The molecular weight excluding hydrogens is 262 g/mol. The van der Waals surface area contributed by atoms with Gasteiger partial charge in [-0.3, -0.25) is 0 Å². The van der Waals surface area contributed by atoms with Gasteiger partial charge in [0.15, 0.2) is 0 Å². The number of fused-ring (bicyclic) bond motifs is 2. The largest absolute Gasteiger partial charge is 0.393 e. The van der Waals surface area contributed by atoms with Crippen LogP contribution in [0.3, 0.4) is 0 Å². The molecule has 3 unspecified atom stereocenters. The minimum absolute atomic E-state index is 0.139. The molecule has 0 spiro atoms. The summed E-state index contributed by atoms with van der Waals surface area (Å²) in [4.78, 5) is 11.4. The number of piperidine rings is 1. The monoisotopic (exact) mass is 283 g/mol. The van der Waals surface area contributed by atoms with Gasteiger partial charge in [-0.05, 0) is 31.4 Å². The average Bonchev–Trinajstić information content (AvgIpc) is 2.55. The van der Waals surface area contributed by atoms with E-state index in [1.165, 1.54) is 19.3 Å². The maximum Gasteiger partial charge on any atom is 0.140 e. The number of aliphatic hydroxyl groups excluding tert-OH is 1. The minimum atomic E-state index is -0.139. The van der Waals surface area contributed by atoms with Gasteiger partial charge in [-0.1, -0.05) is 25.0 Å². The summed E-state index contributed by atoms with van der Waals surface area (Å²) in [5, 5.41) is 11.4. The molecule has 1 aromatic carbocycles. The molecule has 1 aliphatic heterocycles. The Labute approximate surface area is 124 Å². The van der Waals surface area contributed by atoms with E-state index in [4.69, 9.17) is 0 Å². The smallest absolute Gasteiger partial charge is 0.140 e. The average molecular weight is 283 g/mol. The Morgan fingerprint density at radius 1 is 1.05 bits per heavy atom. The molecule has 2 fully saturated rings. The molecule has 0 amide bonds. The summed E-state index contributed by atoms with van der Waals surface area (Å²) in [6.07, 6.45) is 7.19. The van der Waals surface area contributed by atoms with Crippen LogP contribution < -0.4 is 4.90 Å². The van der Waals surface area contributed by atoms with Crippen LogP contribution in [0.2, 0.25) is 0 Å². The molecule has 2 aromatic rings. The van der Waals surface area contributed by atoms with E-state index in [2.05, 4.69) is 20.9 Å². The third-order valence-electron chi connectivity index (χ3n) is 5.14. The molecule has 21 heavy (non-hydrogen) atoms. The number of hydrogen-bond donors (Lipinski definition) is 1. The van der Waals surface area contributed by atoms with E-state index >= 15 is 0 Å². The van der Waals surface area contributed by atoms with Gasteiger partial charge in [0.1, 0.15) is 12.1 Å². The fraction of sp³-hybridized carbons (Fsp3) is 0.529. The molecule has 2 heterocycles. The molecule has 1 saturated heterocycles. The van der Waals surface area contributed by atoms with Crippen LogP contribution >= 0.6 is 0 Å². The van der Waals surface area contributed by atoms with Crippen molar-refractivity contribution in [2.45, 2.75) is 44.2 Å². The summed E-state index contributed by atoms with van der Waals surface area (Å²) in [5.74, 6) is 1.45. The number of aromatic nitrogens is 2. The fourth-order valence-electron chi connectivity index (χ4n) is 4.11. The van der Waals surface area contributed by atoms with Gasteiger partial charge in [0.2, 0.25) is 0 Å². The Balaban J connectivity index is 1.77. The van der Waals surface area contributed by atoms with Crippen LogP contribution in [0.25, 0.3) is 10.9 Å². The van der Waals surface area contributed by atoms with E-state index in [0.717, 1.165) is 36.1 Å². The zero-order valence-electron chi connectivity index (χ0n) is 12.2. The Hall–Kier alpha value is -1.68. The Morgan fingerprint density at radius 2 is 1.90 bits per heavy atom. The SMILES string of the molecule is OC1CCN(c2ncnc3ccccc23)C2CCCCC12. The number of aliphatic hydroxyl groups is 1.